The molecule has 0 bridgehead atoms. The summed E-state index contributed by atoms with van der Waals surface area (Å²) in [7, 11) is -4.08. The van der Waals surface area contributed by atoms with Crippen molar-refractivity contribution in [3.05, 3.63) is 95.0 Å². The monoisotopic (exact) mass is 569 g/mol. The number of nitrogens with zero attached hydrogens (tertiary/aromatic N) is 2. The molecule has 208 valence electrons. The summed E-state index contributed by atoms with van der Waals surface area (Å²) in [4.78, 5) is 28.4. The third-order valence-electron chi connectivity index (χ3n) is 6.51. The summed E-state index contributed by atoms with van der Waals surface area (Å²) in [6, 6.07) is 21.3. The molecule has 2 amide bonds. The van der Waals surface area contributed by atoms with Crippen molar-refractivity contribution in [1.82, 2.24) is 10.2 Å². The molecule has 0 aromatic heterocycles. The van der Waals surface area contributed by atoms with Gasteiger partial charge in [0, 0.05) is 18.1 Å². The topological polar surface area (TPSA) is 86.8 Å². The van der Waals surface area contributed by atoms with E-state index in [1.165, 1.54) is 17.0 Å². The Hall–Kier alpha value is -3.36. The highest BCUT2D eigenvalue weighted by Crippen LogP contribution is 2.25. The van der Waals surface area contributed by atoms with Crippen LogP contribution in [0.15, 0.2) is 83.8 Å². The fraction of sp³-hybridized carbons (Fsp3) is 0.333. The molecule has 9 heteroatoms. The van der Waals surface area contributed by atoms with E-state index < -0.39 is 28.5 Å². The van der Waals surface area contributed by atoms with Crippen molar-refractivity contribution in [1.29, 1.82) is 0 Å². The van der Waals surface area contributed by atoms with E-state index in [2.05, 4.69) is 5.32 Å². The Morgan fingerprint density at radius 2 is 1.51 bits per heavy atom. The maximum absolute atomic E-state index is 13.9. The molecule has 3 rings (SSSR count). The van der Waals surface area contributed by atoms with Gasteiger partial charge in [-0.2, -0.15) is 0 Å². The second-order valence-corrected chi connectivity index (χ2v) is 11.6. The molecule has 0 saturated heterocycles. The van der Waals surface area contributed by atoms with Crippen molar-refractivity contribution in [3.8, 4) is 0 Å². The van der Waals surface area contributed by atoms with E-state index in [1.807, 2.05) is 26.0 Å². The van der Waals surface area contributed by atoms with E-state index in [9.17, 15) is 18.0 Å². The number of rotatable bonds is 13. The number of hydrogen-bond donors (Lipinski definition) is 1. The first-order valence-electron chi connectivity index (χ1n) is 13.2. The maximum Gasteiger partial charge on any atom is 0.264 e. The lowest BCUT2D eigenvalue weighted by Crippen LogP contribution is -2.51. The molecule has 1 N–H and O–H groups in total. The first-order valence-corrected chi connectivity index (χ1v) is 15.0. The summed E-state index contributed by atoms with van der Waals surface area (Å²) >= 11 is 6.04. The molecule has 0 aliphatic carbocycles. The number of halogens is 1. The standard InChI is InChI=1S/C30H36ClN3O4S/c1-4-6-20-32-30(36)23(3)33(21-25-12-16-26(31)17-13-25)29(35)22-34(27-18-14-24(5-2)15-19-27)39(37,38)28-10-8-7-9-11-28/h7-19,23H,4-6,20-22H2,1-3H3,(H,32,36)/t23-/m1/s1. The van der Waals surface area contributed by atoms with Crippen molar-refractivity contribution in [2.24, 2.45) is 0 Å². The Labute approximate surface area is 236 Å². The van der Waals surface area contributed by atoms with E-state index in [1.54, 1.807) is 61.5 Å². The third kappa shape index (κ3) is 8.07. The lowest BCUT2D eigenvalue weighted by atomic mass is 10.1. The van der Waals surface area contributed by atoms with E-state index in [4.69, 9.17) is 11.6 Å². The Bertz CT molecular complexity index is 1330. The second kappa shape index (κ2) is 14.1. The zero-order valence-corrected chi connectivity index (χ0v) is 24.2. The third-order valence-corrected chi connectivity index (χ3v) is 8.55. The molecule has 0 aliphatic rings. The molecule has 0 saturated carbocycles. The summed E-state index contributed by atoms with van der Waals surface area (Å²) < 4.78 is 28.7. The fourth-order valence-corrected chi connectivity index (χ4v) is 5.61. The molecule has 7 nitrogen and oxygen atoms in total. The molecule has 0 aliphatic heterocycles. The van der Waals surface area contributed by atoms with Crippen LogP contribution in [0.25, 0.3) is 0 Å². The smallest absolute Gasteiger partial charge is 0.264 e. The van der Waals surface area contributed by atoms with Gasteiger partial charge in [-0.1, -0.05) is 74.3 Å². The van der Waals surface area contributed by atoms with E-state index >= 15 is 0 Å². The van der Waals surface area contributed by atoms with Gasteiger partial charge >= 0.3 is 0 Å². The molecule has 3 aromatic rings. The van der Waals surface area contributed by atoms with Crippen LogP contribution in [0.4, 0.5) is 5.69 Å². The molecule has 0 heterocycles. The van der Waals surface area contributed by atoms with E-state index in [0.717, 1.165) is 34.7 Å². The quantitative estimate of drug-likeness (QED) is 0.278. The van der Waals surface area contributed by atoms with Gasteiger partial charge in [0.2, 0.25) is 11.8 Å². The lowest BCUT2D eigenvalue weighted by molar-refractivity contribution is -0.139. The van der Waals surface area contributed by atoms with Gasteiger partial charge in [0.05, 0.1) is 10.6 Å². The Morgan fingerprint density at radius 1 is 0.897 bits per heavy atom. The van der Waals surface area contributed by atoms with Gasteiger partial charge in [-0.05, 0) is 67.3 Å². The zero-order valence-electron chi connectivity index (χ0n) is 22.6. The SMILES string of the molecule is CCCCNC(=O)[C@@H](C)N(Cc1ccc(Cl)cc1)C(=O)CN(c1ccc(CC)cc1)S(=O)(=O)c1ccccc1. The van der Waals surface area contributed by atoms with E-state index in [-0.39, 0.29) is 17.3 Å². The minimum Gasteiger partial charge on any atom is -0.354 e. The first kappa shape index (κ1) is 30.2. The number of amides is 2. The van der Waals surface area contributed by atoms with Crippen molar-refractivity contribution in [2.75, 3.05) is 17.4 Å². The lowest BCUT2D eigenvalue weighted by Gasteiger charge is -2.32. The van der Waals surface area contributed by atoms with Gasteiger partial charge in [-0.3, -0.25) is 13.9 Å². The number of sulfonamides is 1. The van der Waals surface area contributed by atoms with Crippen LogP contribution in [0.1, 0.15) is 44.7 Å². The first-order chi connectivity index (χ1) is 18.7. The highest BCUT2D eigenvalue weighted by Gasteiger charge is 2.32. The van der Waals surface area contributed by atoms with Gasteiger partial charge in [0.25, 0.3) is 10.0 Å². The predicted octanol–water partition coefficient (Wildman–Crippen LogP) is 5.43. The van der Waals surface area contributed by atoms with Gasteiger partial charge in [-0.25, -0.2) is 8.42 Å². The minimum atomic E-state index is -4.08. The van der Waals surface area contributed by atoms with Crippen molar-refractivity contribution < 1.29 is 18.0 Å². The number of aryl methyl sites for hydroxylation is 1. The average Bonchev–Trinajstić information content (AvgIpc) is 2.95. The highest BCUT2D eigenvalue weighted by atomic mass is 35.5. The number of nitrogens with one attached hydrogen (secondary N) is 1. The number of carbonyl (C=O) groups is 2. The molecule has 0 fully saturated rings. The number of benzene rings is 3. The number of hydrogen-bond acceptors (Lipinski definition) is 4. The Balaban J connectivity index is 1.98. The van der Waals surface area contributed by atoms with Crippen LogP contribution in [0.2, 0.25) is 5.02 Å². The molecule has 3 aromatic carbocycles. The van der Waals surface area contributed by atoms with Crippen molar-refractivity contribution >= 4 is 39.1 Å². The normalized spacial score (nSPS) is 12.0. The van der Waals surface area contributed by atoms with Crippen molar-refractivity contribution in [2.45, 2.75) is 57.5 Å². The maximum atomic E-state index is 13.9. The van der Waals surface area contributed by atoms with Gasteiger partial charge in [-0.15, -0.1) is 0 Å². The Morgan fingerprint density at radius 3 is 2.10 bits per heavy atom. The van der Waals surface area contributed by atoms with Crippen LogP contribution in [0.5, 0.6) is 0 Å². The van der Waals surface area contributed by atoms with Crippen LogP contribution in [-0.2, 0) is 32.6 Å². The van der Waals surface area contributed by atoms with Crippen LogP contribution in [0.3, 0.4) is 0 Å². The van der Waals surface area contributed by atoms with Crippen LogP contribution in [-0.4, -0.2) is 44.3 Å². The molecule has 0 unspecified atom stereocenters. The van der Waals surface area contributed by atoms with Gasteiger partial charge in [0.15, 0.2) is 0 Å². The van der Waals surface area contributed by atoms with E-state index in [0.29, 0.717) is 17.3 Å². The van der Waals surface area contributed by atoms with Gasteiger partial charge < -0.3 is 10.2 Å². The summed E-state index contributed by atoms with van der Waals surface area (Å²) in [5, 5.41) is 3.43. The minimum absolute atomic E-state index is 0.0759. The summed E-state index contributed by atoms with van der Waals surface area (Å²) in [6.07, 6.45) is 2.54. The highest BCUT2D eigenvalue weighted by molar-refractivity contribution is 7.92. The largest absolute Gasteiger partial charge is 0.354 e. The van der Waals surface area contributed by atoms with Crippen LogP contribution >= 0.6 is 11.6 Å². The zero-order chi connectivity index (χ0) is 28.4. The summed E-state index contributed by atoms with van der Waals surface area (Å²) in [5.41, 5.74) is 2.19. The molecule has 1 atom stereocenters. The molecule has 39 heavy (non-hydrogen) atoms. The summed E-state index contributed by atoms with van der Waals surface area (Å²) in [6.45, 7) is 5.84. The fourth-order valence-electron chi connectivity index (χ4n) is 4.05. The number of anilines is 1. The molecule has 0 spiro atoms. The predicted molar refractivity (Wildman–Crippen MR) is 156 cm³/mol. The molecular weight excluding hydrogens is 534 g/mol. The molecular formula is C30H36ClN3O4S. The summed E-state index contributed by atoms with van der Waals surface area (Å²) in [5.74, 6) is -0.794. The second-order valence-electron chi connectivity index (χ2n) is 9.31. The van der Waals surface area contributed by atoms with Crippen LogP contribution in [0, 0.1) is 0 Å². The van der Waals surface area contributed by atoms with Crippen molar-refractivity contribution in [3.63, 3.8) is 0 Å². The molecule has 0 radical (unpaired) electrons. The van der Waals surface area contributed by atoms with Gasteiger partial charge in [0.1, 0.15) is 12.6 Å². The average molecular weight is 570 g/mol. The Kier molecular flexibility index (Phi) is 10.9. The number of carbonyl (C=O) groups excluding carboxylic acids is 2. The van der Waals surface area contributed by atoms with Crippen LogP contribution < -0.4 is 9.62 Å². The number of unbranched alkanes of at least 4 members (excludes halogenated alkanes) is 1.